The van der Waals surface area contributed by atoms with Crippen molar-refractivity contribution in [2.75, 3.05) is 25.1 Å². The van der Waals surface area contributed by atoms with Crippen molar-refractivity contribution < 1.29 is 14.3 Å². The zero-order chi connectivity index (χ0) is 15.1. The second-order valence-corrected chi connectivity index (χ2v) is 6.00. The molecular weight excluding hydrogens is 276 g/mol. The van der Waals surface area contributed by atoms with Gasteiger partial charge in [0.05, 0.1) is 19.3 Å². The van der Waals surface area contributed by atoms with Crippen LogP contribution in [0.25, 0.3) is 0 Å². The fourth-order valence-electron chi connectivity index (χ4n) is 1.65. The summed E-state index contributed by atoms with van der Waals surface area (Å²) in [6, 6.07) is 0.176. The summed E-state index contributed by atoms with van der Waals surface area (Å²) in [4.78, 5) is 16.9. The van der Waals surface area contributed by atoms with Gasteiger partial charge in [-0.1, -0.05) is 13.8 Å². The normalized spacial score (nSPS) is 12.5. The molecule has 1 aromatic heterocycles. The molecule has 1 rings (SSSR count). The van der Waals surface area contributed by atoms with Crippen LogP contribution >= 0.6 is 11.3 Å². The summed E-state index contributed by atoms with van der Waals surface area (Å²) in [6.45, 7) is 11.6. The fourth-order valence-corrected chi connectivity index (χ4v) is 2.51. The molecule has 1 heterocycles. The molecule has 1 atom stereocenters. The number of nitrogens with one attached hydrogen (secondary N) is 1. The Balaban J connectivity index is 2.76. The van der Waals surface area contributed by atoms with Gasteiger partial charge in [0.2, 0.25) is 0 Å². The number of aromatic nitrogens is 1. The summed E-state index contributed by atoms with van der Waals surface area (Å²) >= 11 is 1.47. The number of aryl methyl sites for hydroxylation is 1. The van der Waals surface area contributed by atoms with E-state index in [9.17, 15) is 4.79 Å². The minimum absolute atomic E-state index is 0.176. The third-order valence-corrected chi connectivity index (χ3v) is 3.78. The first-order valence-corrected chi connectivity index (χ1v) is 7.80. The summed E-state index contributed by atoms with van der Waals surface area (Å²) in [6.07, 6.45) is 0. The summed E-state index contributed by atoms with van der Waals surface area (Å²) in [5.41, 5.74) is 0.401. The molecular formula is C14H24N2O3S. The van der Waals surface area contributed by atoms with Crippen molar-refractivity contribution in [3.63, 3.8) is 0 Å². The Kier molecular flexibility index (Phi) is 6.95. The molecule has 1 unspecified atom stereocenters. The zero-order valence-electron chi connectivity index (χ0n) is 12.9. The predicted molar refractivity (Wildman–Crippen MR) is 81.5 cm³/mol. The topological polar surface area (TPSA) is 60.5 Å². The molecule has 0 radical (unpaired) electrons. The van der Waals surface area contributed by atoms with Crippen molar-refractivity contribution in [2.45, 2.75) is 40.7 Å². The van der Waals surface area contributed by atoms with Crippen LogP contribution in [0.5, 0.6) is 0 Å². The number of hydrogen-bond acceptors (Lipinski definition) is 6. The maximum Gasteiger partial charge on any atom is 0.358 e. The van der Waals surface area contributed by atoms with E-state index in [-0.39, 0.29) is 12.0 Å². The van der Waals surface area contributed by atoms with Crippen molar-refractivity contribution in [1.82, 2.24) is 4.98 Å². The van der Waals surface area contributed by atoms with Gasteiger partial charge in [-0.05, 0) is 26.7 Å². The van der Waals surface area contributed by atoms with E-state index in [1.54, 1.807) is 6.92 Å². The van der Waals surface area contributed by atoms with E-state index in [1.165, 1.54) is 11.3 Å². The molecule has 5 nitrogen and oxygen atoms in total. The van der Waals surface area contributed by atoms with Crippen molar-refractivity contribution in [3.8, 4) is 0 Å². The summed E-state index contributed by atoms with van der Waals surface area (Å²) in [5, 5.41) is 4.09. The molecule has 1 N–H and O–H groups in total. The van der Waals surface area contributed by atoms with Crippen LogP contribution in [-0.4, -0.2) is 36.8 Å². The first kappa shape index (κ1) is 16.9. The van der Waals surface area contributed by atoms with E-state index in [2.05, 4.69) is 24.1 Å². The van der Waals surface area contributed by atoms with E-state index in [0.717, 1.165) is 10.0 Å². The van der Waals surface area contributed by atoms with Crippen LogP contribution in [0.4, 0.5) is 5.13 Å². The monoisotopic (exact) mass is 300 g/mol. The van der Waals surface area contributed by atoms with Gasteiger partial charge in [-0.3, -0.25) is 0 Å². The highest BCUT2D eigenvalue weighted by Crippen LogP contribution is 2.24. The number of rotatable bonds is 8. The zero-order valence-corrected chi connectivity index (χ0v) is 13.7. The van der Waals surface area contributed by atoms with E-state index >= 15 is 0 Å². The number of ether oxygens (including phenoxy) is 2. The Bertz CT molecular complexity index is 432. The summed E-state index contributed by atoms with van der Waals surface area (Å²) in [7, 11) is 0. The van der Waals surface area contributed by atoms with E-state index in [1.807, 2.05) is 13.8 Å². The molecule has 0 saturated heterocycles. The molecule has 114 valence electrons. The van der Waals surface area contributed by atoms with Crippen molar-refractivity contribution in [3.05, 3.63) is 10.6 Å². The largest absolute Gasteiger partial charge is 0.461 e. The van der Waals surface area contributed by atoms with Crippen LogP contribution in [-0.2, 0) is 9.47 Å². The number of carbonyl (C=O) groups excluding carboxylic acids is 1. The number of hydrogen-bond donors (Lipinski definition) is 1. The fraction of sp³-hybridized carbons (Fsp3) is 0.714. The van der Waals surface area contributed by atoms with Gasteiger partial charge in [-0.25, -0.2) is 9.78 Å². The lowest BCUT2D eigenvalue weighted by atomic mass is 10.1. The van der Waals surface area contributed by atoms with Crippen molar-refractivity contribution >= 4 is 22.4 Å². The van der Waals surface area contributed by atoms with Gasteiger partial charge < -0.3 is 14.8 Å². The molecule has 0 bridgehead atoms. The van der Waals surface area contributed by atoms with Crippen LogP contribution < -0.4 is 5.32 Å². The average molecular weight is 300 g/mol. The molecule has 0 amide bonds. The molecule has 0 spiro atoms. The molecule has 20 heavy (non-hydrogen) atoms. The van der Waals surface area contributed by atoms with E-state index in [4.69, 9.17) is 9.47 Å². The lowest BCUT2D eigenvalue weighted by Crippen LogP contribution is -2.30. The highest BCUT2D eigenvalue weighted by molar-refractivity contribution is 7.15. The Morgan fingerprint density at radius 2 is 2.05 bits per heavy atom. The molecule has 0 fully saturated rings. The maximum absolute atomic E-state index is 11.7. The van der Waals surface area contributed by atoms with Crippen LogP contribution in [0.1, 0.15) is 43.1 Å². The van der Waals surface area contributed by atoms with Gasteiger partial charge >= 0.3 is 5.97 Å². The Morgan fingerprint density at radius 1 is 1.35 bits per heavy atom. The SMILES string of the molecule is CCOCC(Nc1nc(C(=O)OCC)c(C)s1)C(C)C. The summed E-state index contributed by atoms with van der Waals surface area (Å²) < 4.78 is 10.5. The van der Waals surface area contributed by atoms with Gasteiger partial charge in [-0.15, -0.1) is 11.3 Å². The molecule has 6 heteroatoms. The van der Waals surface area contributed by atoms with E-state index < -0.39 is 0 Å². The van der Waals surface area contributed by atoms with Crippen LogP contribution in [0.3, 0.4) is 0 Å². The highest BCUT2D eigenvalue weighted by Gasteiger charge is 2.19. The summed E-state index contributed by atoms with van der Waals surface area (Å²) in [5.74, 6) is 0.0528. The van der Waals surface area contributed by atoms with Gasteiger partial charge in [0.25, 0.3) is 0 Å². The van der Waals surface area contributed by atoms with Gasteiger partial charge in [0.1, 0.15) is 0 Å². The van der Waals surface area contributed by atoms with Crippen molar-refractivity contribution in [1.29, 1.82) is 0 Å². The molecule has 0 aliphatic rings. The first-order chi connectivity index (χ1) is 9.49. The van der Waals surface area contributed by atoms with Crippen LogP contribution in [0, 0.1) is 12.8 Å². The quantitative estimate of drug-likeness (QED) is 0.748. The average Bonchev–Trinajstić information content (AvgIpc) is 2.75. The standard InChI is InChI=1S/C14H24N2O3S/c1-6-18-8-11(9(3)4)15-14-16-12(10(5)20-14)13(17)19-7-2/h9,11H,6-8H2,1-5H3,(H,15,16). The Labute approximate surface area is 124 Å². The highest BCUT2D eigenvalue weighted by atomic mass is 32.1. The molecule has 0 saturated carbocycles. The number of esters is 1. The second kappa shape index (κ2) is 8.21. The van der Waals surface area contributed by atoms with Gasteiger partial charge in [0.15, 0.2) is 10.8 Å². The lowest BCUT2D eigenvalue weighted by Gasteiger charge is -2.21. The number of carbonyl (C=O) groups is 1. The van der Waals surface area contributed by atoms with Crippen molar-refractivity contribution in [2.24, 2.45) is 5.92 Å². The minimum atomic E-state index is -0.361. The Morgan fingerprint density at radius 3 is 2.60 bits per heavy atom. The lowest BCUT2D eigenvalue weighted by molar-refractivity contribution is 0.0519. The van der Waals surface area contributed by atoms with E-state index in [0.29, 0.717) is 31.4 Å². The second-order valence-electron chi connectivity index (χ2n) is 4.80. The third kappa shape index (κ3) is 4.76. The Hall–Kier alpha value is -1.14. The van der Waals surface area contributed by atoms with Crippen LogP contribution in [0.2, 0.25) is 0 Å². The number of thiazole rings is 1. The third-order valence-electron chi connectivity index (χ3n) is 2.88. The van der Waals surface area contributed by atoms with Gasteiger partial charge in [0, 0.05) is 11.5 Å². The predicted octanol–water partition coefficient (Wildman–Crippen LogP) is 3.10. The molecule has 0 aliphatic carbocycles. The van der Waals surface area contributed by atoms with Crippen LogP contribution in [0.15, 0.2) is 0 Å². The smallest absolute Gasteiger partial charge is 0.358 e. The molecule has 0 aromatic carbocycles. The number of nitrogens with zero attached hydrogens (tertiary/aromatic N) is 1. The molecule has 0 aliphatic heterocycles. The minimum Gasteiger partial charge on any atom is -0.461 e. The molecule has 1 aromatic rings. The number of anilines is 1. The first-order valence-electron chi connectivity index (χ1n) is 6.98. The van der Waals surface area contributed by atoms with Gasteiger partial charge in [-0.2, -0.15) is 0 Å². The maximum atomic E-state index is 11.7.